The highest BCUT2D eigenvalue weighted by molar-refractivity contribution is 7.92. The van der Waals surface area contributed by atoms with Crippen molar-refractivity contribution in [1.29, 1.82) is 0 Å². The Morgan fingerprint density at radius 2 is 1.67 bits per heavy atom. The molecule has 0 fully saturated rings. The summed E-state index contributed by atoms with van der Waals surface area (Å²) >= 11 is 0. The molecule has 0 saturated carbocycles. The number of carbonyl (C=O) groups is 1. The summed E-state index contributed by atoms with van der Waals surface area (Å²) in [6.07, 6.45) is 1.04. The van der Waals surface area contributed by atoms with Crippen molar-refractivity contribution in [3.8, 4) is 0 Å². The molecule has 0 bridgehead atoms. The first kappa shape index (κ1) is 14.4. The molecule has 0 spiro atoms. The van der Waals surface area contributed by atoms with Crippen molar-refractivity contribution in [2.45, 2.75) is 38.0 Å². The van der Waals surface area contributed by atoms with Crippen molar-refractivity contribution in [3.63, 3.8) is 0 Å². The zero-order valence-electron chi connectivity index (χ0n) is 9.92. The topological polar surface area (TPSA) is 89.3 Å². The number of sulfone groups is 1. The van der Waals surface area contributed by atoms with E-state index in [1.165, 1.54) is 13.8 Å². The summed E-state index contributed by atoms with van der Waals surface area (Å²) in [6.45, 7) is 6.49. The predicted molar refractivity (Wildman–Crippen MR) is 60.2 cm³/mol. The summed E-state index contributed by atoms with van der Waals surface area (Å²) in [6, 6.07) is 0. The fourth-order valence-electron chi connectivity index (χ4n) is 0.689. The van der Waals surface area contributed by atoms with Gasteiger partial charge in [0.2, 0.25) is 5.91 Å². The van der Waals surface area contributed by atoms with Crippen LogP contribution in [0.1, 0.15) is 27.7 Å². The summed E-state index contributed by atoms with van der Waals surface area (Å²) in [5.41, 5.74) is 5.12. The largest absolute Gasteiger partial charge is 0.353 e. The number of hydrogen-bond donors (Lipinski definition) is 2. The quantitative estimate of drug-likeness (QED) is 0.699. The lowest BCUT2D eigenvalue weighted by Crippen LogP contribution is -2.53. The van der Waals surface area contributed by atoms with E-state index in [2.05, 4.69) is 5.32 Å². The van der Waals surface area contributed by atoms with Gasteiger partial charge in [-0.25, -0.2) is 8.42 Å². The van der Waals surface area contributed by atoms with Gasteiger partial charge in [-0.2, -0.15) is 0 Å². The minimum Gasteiger partial charge on any atom is -0.353 e. The molecule has 90 valence electrons. The highest BCUT2D eigenvalue weighted by Gasteiger charge is 2.38. The molecule has 15 heavy (non-hydrogen) atoms. The van der Waals surface area contributed by atoms with Gasteiger partial charge >= 0.3 is 0 Å². The number of carbonyl (C=O) groups excluding carboxylic acids is 1. The van der Waals surface area contributed by atoms with Crippen LogP contribution in [0, 0.1) is 0 Å². The van der Waals surface area contributed by atoms with Crippen molar-refractivity contribution in [2.24, 2.45) is 5.73 Å². The van der Waals surface area contributed by atoms with Gasteiger partial charge < -0.3 is 11.1 Å². The van der Waals surface area contributed by atoms with Crippen molar-refractivity contribution in [1.82, 2.24) is 5.32 Å². The lowest BCUT2D eigenvalue weighted by Gasteiger charge is -2.25. The number of hydrogen-bond acceptors (Lipinski definition) is 4. The van der Waals surface area contributed by atoms with E-state index in [1.807, 2.05) is 0 Å². The molecule has 0 unspecified atom stereocenters. The molecule has 0 radical (unpaired) electrons. The van der Waals surface area contributed by atoms with Gasteiger partial charge in [0.1, 0.15) is 4.75 Å². The average molecular weight is 236 g/mol. The predicted octanol–water partition coefficient (Wildman–Crippen LogP) is -0.337. The van der Waals surface area contributed by atoms with Crippen LogP contribution in [0.15, 0.2) is 0 Å². The Bertz CT molecular complexity index is 339. The van der Waals surface area contributed by atoms with Crippen LogP contribution in [-0.2, 0) is 14.6 Å². The fraction of sp³-hybridized carbons (Fsp3) is 0.889. The van der Waals surface area contributed by atoms with Crippen molar-refractivity contribution in [3.05, 3.63) is 0 Å². The Kier molecular flexibility index (Phi) is 3.93. The van der Waals surface area contributed by atoms with E-state index in [-0.39, 0.29) is 6.54 Å². The first-order valence-electron chi connectivity index (χ1n) is 4.65. The van der Waals surface area contributed by atoms with Gasteiger partial charge in [-0.15, -0.1) is 0 Å². The number of rotatable bonds is 4. The zero-order valence-corrected chi connectivity index (χ0v) is 10.7. The molecule has 0 rings (SSSR count). The third-order valence-corrected chi connectivity index (χ3v) is 4.22. The molecule has 3 N–H and O–H groups in total. The average Bonchev–Trinajstić information content (AvgIpc) is 1.96. The van der Waals surface area contributed by atoms with Gasteiger partial charge in [0.25, 0.3) is 0 Å². The molecule has 0 atom stereocenters. The molecule has 1 amide bonds. The molecule has 0 aliphatic heterocycles. The van der Waals surface area contributed by atoms with Crippen LogP contribution in [-0.4, -0.2) is 37.4 Å². The maximum atomic E-state index is 11.6. The van der Waals surface area contributed by atoms with E-state index in [1.54, 1.807) is 13.8 Å². The van der Waals surface area contributed by atoms with Crippen LogP contribution in [0.5, 0.6) is 0 Å². The Morgan fingerprint density at radius 1 is 1.27 bits per heavy atom. The van der Waals surface area contributed by atoms with E-state index < -0.39 is 26.0 Å². The highest BCUT2D eigenvalue weighted by atomic mass is 32.2. The molecular formula is C9H20N2O3S. The molecule has 5 nitrogen and oxygen atoms in total. The molecule has 0 aromatic rings. The Hall–Kier alpha value is -0.620. The van der Waals surface area contributed by atoms with Crippen LogP contribution in [0.3, 0.4) is 0 Å². The van der Waals surface area contributed by atoms with E-state index in [9.17, 15) is 13.2 Å². The number of nitrogens with two attached hydrogens (primary N) is 1. The molecule has 0 aromatic heterocycles. The zero-order chi connectivity index (χ0) is 12.5. The second kappa shape index (κ2) is 4.09. The maximum absolute atomic E-state index is 11.6. The maximum Gasteiger partial charge on any atom is 0.240 e. The SMILES string of the molecule is CC(C)(N)CNC(=O)C(C)(C)S(C)(=O)=O. The van der Waals surface area contributed by atoms with Crippen molar-refractivity contribution >= 4 is 15.7 Å². The summed E-state index contributed by atoms with van der Waals surface area (Å²) in [5, 5.41) is 2.53. The first-order valence-corrected chi connectivity index (χ1v) is 6.54. The monoisotopic (exact) mass is 236 g/mol. The van der Waals surface area contributed by atoms with Gasteiger partial charge in [-0.05, 0) is 27.7 Å². The smallest absolute Gasteiger partial charge is 0.240 e. The molecule has 0 aromatic carbocycles. The third-order valence-electron chi connectivity index (χ3n) is 2.18. The van der Waals surface area contributed by atoms with Crippen LogP contribution in [0.25, 0.3) is 0 Å². The third kappa shape index (κ3) is 4.17. The van der Waals surface area contributed by atoms with E-state index in [4.69, 9.17) is 5.73 Å². The molecule has 6 heteroatoms. The molecule has 0 aliphatic carbocycles. The summed E-state index contributed by atoms with van der Waals surface area (Å²) < 4.78 is 21.2. The first-order chi connectivity index (χ1) is 6.38. The molecule has 0 aliphatic rings. The van der Waals surface area contributed by atoms with Crippen LogP contribution >= 0.6 is 0 Å². The minimum absolute atomic E-state index is 0.241. The van der Waals surface area contributed by atoms with E-state index in [0.717, 1.165) is 6.26 Å². The Morgan fingerprint density at radius 3 is 1.93 bits per heavy atom. The second-order valence-electron chi connectivity index (χ2n) is 4.95. The highest BCUT2D eigenvalue weighted by Crippen LogP contribution is 2.15. The molecular weight excluding hydrogens is 216 g/mol. The minimum atomic E-state index is -3.42. The lowest BCUT2D eigenvalue weighted by atomic mass is 10.1. The van der Waals surface area contributed by atoms with Gasteiger partial charge in [0.15, 0.2) is 9.84 Å². The van der Waals surface area contributed by atoms with Gasteiger partial charge in [-0.1, -0.05) is 0 Å². The van der Waals surface area contributed by atoms with Crippen molar-refractivity contribution < 1.29 is 13.2 Å². The number of amides is 1. The second-order valence-corrected chi connectivity index (χ2v) is 7.52. The lowest BCUT2D eigenvalue weighted by molar-refractivity contribution is -0.123. The van der Waals surface area contributed by atoms with Crippen LogP contribution < -0.4 is 11.1 Å². The molecule has 0 heterocycles. The summed E-state index contributed by atoms with van der Waals surface area (Å²) in [5.74, 6) is -0.525. The van der Waals surface area contributed by atoms with Gasteiger partial charge in [0, 0.05) is 18.3 Å². The van der Waals surface area contributed by atoms with Gasteiger partial charge in [-0.3, -0.25) is 4.79 Å². The molecule has 0 saturated heterocycles. The number of nitrogens with one attached hydrogen (secondary N) is 1. The van der Waals surface area contributed by atoms with Crippen LogP contribution in [0.2, 0.25) is 0 Å². The van der Waals surface area contributed by atoms with Gasteiger partial charge in [0.05, 0.1) is 0 Å². The summed E-state index contributed by atoms with van der Waals surface area (Å²) in [4.78, 5) is 11.6. The van der Waals surface area contributed by atoms with E-state index in [0.29, 0.717) is 0 Å². The fourth-order valence-corrected chi connectivity index (χ4v) is 1.10. The van der Waals surface area contributed by atoms with Crippen molar-refractivity contribution in [2.75, 3.05) is 12.8 Å². The normalized spacial score (nSPS) is 13.7. The standard InChI is InChI=1S/C9H20N2O3S/c1-8(2,10)6-11-7(12)9(3,4)15(5,13)14/h6,10H2,1-5H3,(H,11,12). The Labute approximate surface area is 91.3 Å². The van der Waals surface area contributed by atoms with Crippen LogP contribution in [0.4, 0.5) is 0 Å². The van der Waals surface area contributed by atoms with E-state index >= 15 is 0 Å². The Balaban J connectivity index is 4.62. The summed E-state index contributed by atoms with van der Waals surface area (Å²) in [7, 11) is -3.42.